The van der Waals surface area contributed by atoms with Crippen molar-refractivity contribution in [3.8, 4) is 11.5 Å². The van der Waals surface area contributed by atoms with E-state index in [2.05, 4.69) is 15.9 Å². The SMILES string of the molecule is Clc1cccc(C(Br)c2cc3c(cc2Cl)OCCCO3)c1. The van der Waals surface area contributed by atoms with Crippen LogP contribution in [0.15, 0.2) is 36.4 Å². The zero-order valence-corrected chi connectivity index (χ0v) is 14.2. The van der Waals surface area contributed by atoms with Crippen LogP contribution in [-0.4, -0.2) is 13.2 Å². The summed E-state index contributed by atoms with van der Waals surface area (Å²) >= 11 is 16.1. The molecule has 0 aromatic heterocycles. The molecule has 21 heavy (non-hydrogen) atoms. The number of halogens is 3. The van der Waals surface area contributed by atoms with Gasteiger partial charge in [0.05, 0.1) is 18.0 Å². The van der Waals surface area contributed by atoms with E-state index in [0.29, 0.717) is 29.0 Å². The molecule has 0 spiro atoms. The van der Waals surface area contributed by atoms with Crippen LogP contribution in [0.25, 0.3) is 0 Å². The third-order valence-electron chi connectivity index (χ3n) is 3.28. The molecule has 0 amide bonds. The minimum atomic E-state index is -0.0548. The first-order valence-electron chi connectivity index (χ1n) is 6.64. The fourth-order valence-electron chi connectivity index (χ4n) is 2.24. The predicted molar refractivity (Wildman–Crippen MR) is 89.3 cm³/mol. The topological polar surface area (TPSA) is 18.5 Å². The monoisotopic (exact) mass is 386 g/mol. The molecule has 1 unspecified atom stereocenters. The Kier molecular flexibility index (Phi) is 4.63. The first-order chi connectivity index (χ1) is 10.1. The van der Waals surface area contributed by atoms with Crippen molar-refractivity contribution in [1.29, 1.82) is 0 Å². The van der Waals surface area contributed by atoms with Gasteiger partial charge in [0.1, 0.15) is 0 Å². The third kappa shape index (κ3) is 3.31. The molecule has 1 heterocycles. The van der Waals surface area contributed by atoms with Crippen LogP contribution in [0.2, 0.25) is 10.0 Å². The molecule has 1 atom stereocenters. The molecule has 0 fully saturated rings. The van der Waals surface area contributed by atoms with Crippen LogP contribution in [0, 0.1) is 0 Å². The third-order valence-corrected chi connectivity index (χ3v) is 4.87. The summed E-state index contributed by atoms with van der Waals surface area (Å²) in [7, 11) is 0. The smallest absolute Gasteiger partial charge is 0.162 e. The summed E-state index contributed by atoms with van der Waals surface area (Å²) in [5.74, 6) is 1.44. The molecule has 1 aliphatic heterocycles. The van der Waals surface area contributed by atoms with Crippen molar-refractivity contribution in [2.75, 3.05) is 13.2 Å². The number of fused-ring (bicyclic) bond motifs is 1. The van der Waals surface area contributed by atoms with Crippen LogP contribution >= 0.6 is 39.1 Å². The summed E-state index contributed by atoms with van der Waals surface area (Å²) in [5, 5.41) is 1.34. The van der Waals surface area contributed by atoms with E-state index in [1.807, 2.05) is 36.4 Å². The van der Waals surface area contributed by atoms with E-state index >= 15 is 0 Å². The normalized spacial score (nSPS) is 15.4. The van der Waals surface area contributed by atoms with E-state index in [0.717, 1.165) is 23.3 Å². The highest BCUT2D eigenvalue weighted by Crippen LogP contribution is 2.42. The Morgan fingerprint density at radius 3 is 2.43 bits per heavy atom. The van der Waals surface area contributed by atoms with Gasteiger partial charge in [-0.1, -0.05) is 51.3 Å². The van der Waals surface area contributed by atoms with E-state index in [1.165, 1.54) is 0 Å². The molecule has 2 nitrogen and oxygen atoms in total. The summed E-state index contributed by atoms with van der Waals surface area (Å²) in [5.41, 5.74) is 1.97. The zero-order valence-electron chi connectivity index (χ0n) is 11.1. The highest BCUT2D eigenvalue weighted by atomic mass is 79.9. The number of alkyl halides is 1. The molecule has 2 aromatic carbocycles. The van der Waals surface area contributed by atoms with Crippen LogP contribution in [0.5, 0.6) is 11.5 Å². The van der Waals surface area contributed by atoms with E-state index in [4.69, 9.17) is 32.7 Å². The Morgan fingerprint density at radius 2 is 1.71 bits per heavy atom. The first kappa shape index (κ1) is 15.0. The van der Waals surface area contributed by atoms with E-state index in [9.17, 15) is 0 Å². The number of ether oxygens (including phenoxy) is 2. The van der Waals surface area contributed by atoms with Crippen LogP contribution < -0.4 is 9.47 Å². The van der Waals surface area contributed by atoms with Gasteiger partial charge in [0.25, 0.3) is 0 Å². The average molecular weight is 388 g/mol. The predicted octanol–water partition coefficient (Wildman–Crippen LogP) is 5.64. The molecular formula is C16H13BrCl2O2. The van der Waals surface area contributed by atoms with Gasteiger partial charge in [0, 0.05) is 22.5 Å². The van der Waals surface area contributed by atoms with Crippen LogP contribution in [0.4, 0.5) is 0 Å². The molecule has 3 rings (SSSR count). The van der Waals surface area contributed by atoms with E-state index < -0.39 is 0 Å². The Morgan fingerprint density at radius 1 is 1.00 bits per heavy atom. The number of benzene rings is 2. The summed E-state index contributed by atoms with van der Waals surface area (Å²) in [6.07, 6.45) is 0.869. The highest BCUT2D eigenvalue weighted by molar-refractivity contribution is 9.09. The van der Waals surface area contributed by atoms with E-state index in [-0.39, 0.29) is 4.83 Å². The van der Waals surface area contributed by atoms with Gasteiger partial charge < -0.3 is 9.47 Å². The molecule has 1 aliphatic rings. The Bertz CT molecular complexity index is 661. The maximum absolute atomic E-state index is 6.40. The Labute approximate surface area is 142 Å². The lowest BCUT2D eigenvalue weighted by atomic mass is 10.0. The lowest BCUT2D eigenvalue weighted by molar-refractivity contribution is 0.297. The standard InChI is InChI=1S/C16H13BrCl2O2/c17-16(10-3-1-4-11(18)7-10)12-8-14-15(9-13(12)19)21-6-2-5-20-14/h1,3-4,7-9,16H,2,5-6H2. The van der Waals surface area contributed by atoms with Gasteiger partial charge in [0.2, 0.25) is 0 Å². The van der Waals surface area contributed by atoms with Crippen molar-refractivity contribution in [2.24, 2.45) is 0 Å². The number of hydrogen-bond acceptors (Lipinski definition) is 2. The van der Waals surface area contributed by atoms with Gasteiger partial charge in [-0.25, -0.2) is 0 Å². The van der Waals surface area contributed by atoms with Gasteiger partial charge in [-0.15, -0.1) is 0 Å². The fourth-order valence-corrected chi connectivity index (χ4v) is 3.49. The van der Waals surface area contributed by atoms with Gasteiger partial charge in [0.15, 0.2) is 11.5 Å². The first-order valence-corrected chi connectivity index (χ1v) is 8.31. The number of rotatable bonds is 2. The van der Waals surface area contributed by atoms with Crippen molar-refractivity contribution < 1.29 is 9.47 Å². The molecular weight excluding hydrogens is 375 g/mol. The Hall–Kier alpha value is -0.900. The van der Waals surface area contributed by atoms with Crippen molar-refractivity contribution >= 4 is 39.1 Å². The molecule has 2 aromatic rings. The molecule has 0 radical (unpaired) electrons. The highest BCUT2D eigenvalue weighted by Gasteiger charge is 2.19. The average Bonchev–Trinajstić information content (AvgIpc) is 2.70. The largest absolute Gasteiger partial charge is 0.490 e. The van der Waals surface area contributed by atoms with Crippen LogP contribution in [0.1, 0.15) is 22.4 Å². The number of hydrogen-bond donors (Lipinski definition) is 0. The molecule has 0 saturated carbocycles. The summed E-state index contributed by atoms with van der Waals surface area (Å²) in [4.78, 5) is -0.0548. The molecule has 5 heteroatoms. The lowest BCUT2D eigenvalue weighted by Gasteiger charge is -2.16. The maximum atomic E-state index is 6.40. The van der Waals surface area contributed by atoms with Gasteiger partial charge >= 0.3 is 0 Å². The van der Waals surface area contributed by atoms with Crippen molar-refractivity contribution in [2.45, 2.75) is 11.2 Å². The second-order valence-electron chi connectivity index (χ2n) is 4.79. The van der Waals surface area contributed by atoms with Crippen molar-refractivity contribution in [1.82, 2.24) is 0 Å². The minimum Gasteiger partial charge on any atom is -0.490 e. The second kappa shape index (κ2) is 6.47. The van der Waals surface area contributed by atoms with E-state index in [1.54, 1.807) is 0 Å². The summed E-state index contributed by atoms with van der Waals surface area (Å²) in [6, 6.07) is 11.4. The fraction of sp³-hybridized carbons (Fsp3) is 0.250. The van der Waals surface area contributed by atoms with Crippen molar-refractivity contribution in [3.05, 3.63) is 57.6 Å². The molecule has 0 bridgehead atoms. The lowest BCUT2D eigenvalue weighted by Crippen LogP contribution is -1.98. The van der Waals surface area contributed by atoms with Gasteiger partial charge in [-0.3, -0.25) is 0 Å². The Balaban J connectivity index is 2.00. The summed E-state index contributed by atoms with van der Waals surface area (Å²) < 4.78 is 11.4. The molecule has 110 valence electrons. The van der Waals surface area contributed by atoms with Gasteiger partial charge in [-0.2, -0.15) is 0 Å². The van der Waals surface area contributed by atoms with Crippen molar-refractivity contribution in [3.63, 3.8) is 0 Å². The van der Waals surface area contributed by atoms with Crippen LogP contribution in [0.3, 0.4) is 0 Å². The molecule has 0 aliphatic carbocycles. The zero-order chi connectivity index (χ0) is 14.8. The minimum absolute atomic E-state index is 0.0548. The maximum Gasteiger partial charge on any atom is 0.162 e. The quantitative estimate of drug-likeness (QED) is 0.621. The molecule has 0 saturated heterocycles. The molecule has 0 N–H and O–H groups in total. The summed E-state index contributed by atoms with van der Waals surface area (Å²) in [6.45, 7) is 1.30. The van der Waals surface area contributed by atoms with Crippen LogP contribution in [-0.2, 0) is 0 Å². The second-order valence-corrected chi connectivity index (χ2v) is 6.55. The van der Waals surface area contributed by atoms with Gasteiger partial charge in [-0.05, 0) is 29.3 Å².